The van der Waals surface area contributed by atoms with Crippen LogP contribution >= 0.6 is 0 Å². The fourth-order valence-electron chi connectivity index (χ4n) is 14.8. The second-order valence-corrected chi connectivity index (χ2v) is 22.7. The molecule has 2 saturated carbocycles. The maximum absolute atomic E-state index is 10.6. The van der Waals surface area contributed by atoms with Crippen LogP contribution in [0.2, 0.25) is 0 Å². The maximum Gasteiger partial charge on any atom is 0.252 e. The van der Waals surface area contributed by atoms with Gasteiger partial charge in [0.05, 0.1) is 26.5 Å². The molecule has 3 heterocycles. The van der Waals surface area contributed by atoms with Crippen molar-refractivity contribution in [1.82, 2.24) is 4.57 Å². The molecule has 2 aliphatic carbocycles. The average molecular weight is 1020 g/mol. The minimum absolute atomic E-state index is 0.0169. The summed E-state index contributed by atoms with van der Waals surface area (Å²) in [5, 5.41) is 2.51. The molecule has 2 aliphatic heterocycles. The number of aryl methyl sites for hydroxylation is 2. The van der Waals surface area contributed by atoms with Gasteiger partial charge in [0.15, 0.2) is 0 Å². The molecule has 0 saturated heterocycles. The van der Waals surface area contributed by atoms with Gasteiger partial charge in [-0.2, -0.15) is 0 Å². The summed E-state index contributed by atoms with van der Waals surface area (Å²) in [5.74, 6) is 2.24. The lowest BCUT2D eigenvalue weighted by molar-refractivity contribution is 0.420. The Morgan fingerprint density at radius 1 is 0.430 bits per heavy atom. The van der Waals surface area contributed by atoms with E-state index in [-0.39, 0.29) is 18.1 Å². The fourth-order valence-corrected chi connectivity index (χ4v) is 14.8. The number of para-hydroxylation sites is 2. The number of hydrogen-bond acceptors (Lipinski definition) is 2. The molecule has 79 heavy (non-hydrogen) atoms. The van der Waals surface area contributed by atoms with Crippen LogP contribution in [0.5, 0.6) is 0 Å². The zero-order chi connectivity index (χ0) is 54.9. The van der Waals surface area contributed by atoms with E-state index in [0.717, 1.165) is 123 Å². The quantitative estimate of drug-likeness (QED) is 0.141. The van der Waals surface area contributed by atoms with Crippen molar-refractivity contribution in [2.24, 2.45) is 11.8 Å². The van der Waals surface area contributed by atoms with Crippen molar-refractivity contribution in [3.63, 3.8) is 0 Å². The minimum Gasteiger partial charge on any atom is -0.310 e. The molecule has 11 aromatic carbocycles. The van der Waals surface area contributed by atoms with Crippen LogP contribution in [-0.4, -0.2) is 11.3 Å². The number of fused-ring (bicyclic) bond motifs is 9. The Bertz CT molecular complexity index is 4440. The molecule has 2 bridgehead atoms. The molecule has 1 aromatic heterocycles. The normalized spacial score (nSPS) is 17.4. The molecule has 0 N–H and O–H groups in total. The Morgan fingerprint density at radius 2 is 0.937 bits per heavy atom. The van der Waals surface area contributed by atoms with Crippen LogP contribution in [0.4, 0.5) is 34.1 Å². The third-order valence-corrected chi connectivity index (χ3v) is 18.1. The monoisotopic (exact) mass is 1010 g/mol. The number of aromatic nitrogens is 1. The molecule has 3 unspecified atom stereocenters. The molecular formula is C75H58BN3. The van der Waals surface area contributed by atoms with Gasteiger partial charge in [0.1, 0.15) is 0 Å². The molecular weight excluding hydrogens is 954 g/mol. The number of benzene rings is 11. The van der Waals surface area contributed by atoms with Gasteiger partial charge in [-0.3, -0.25) is 0 Å². The molecule has 3 nitrogen and oxygen atoms in total. The van der Waals surface area contributed by atoms with E-state index in [0.29, 0.717) is 17.3 Å². The van der Waals surface area contributed by atoms with Gasteiger partial charge in [-0.15, -0.1) is 0 Å². The van der Waals surface area contributed by atoms with Crippen LogP contribution < -0.4 is 26.2 Å². The van der Waals surface area contributed by atoms with Crippen molar-refractivity contribution in [3.8, 4) is 50.2 Å². The molecule has 0 spiro atoms. The molecule has 4 heteroatoms. The van der Waals surface area contributed by atoms with Crippen LogP contribution in [0.25, 0.3) is 72.0 Å². The highest BCUT2D eigenvalue weighted by molar-refractivity contribution is 7.00. The first-order valence-corrected chi connectivity index (χ1v) is 28.3. The summed E-state index contributed by atoms with van der Waals surface area (Å²) < 4.78 is 33.8. The van der Waals surface area contributed by atoms with Crippen LogP contribution in [0.3, 0.4) is 0 Å². The lowest BCUT2D eigenvalue weighted by Crippen LogP contribution is -2.61. The molecule has 12 aromatic rings. The van der Waals surface area contributed by atoms with Crippen LogP contribution in [0, 0.1) is 25.7 Å². The first-order valence-electron chi connectivity index (χ1n) is 29.8. The lowest BCUT2D eigenvalue weighted by atomic mass is 9.33. The van der Waals surface area contributed by atoms with E-state index in [1.54, 1.807) is 0 Å². The third-order valence-electron chi connectivity index (χ3n) is 18.1. The van der Waals surface area contributed by atoms with E-state index in [2.05, 4.69) is 259 Å². The van der Waals surface area contributed by atoms with Gasteiger partial charge in [0, 0.05) is 61.5 Å². The Kier molecular flexibility index (Phi) is 9.92. The summed E-state index contributed by atoms with van der Waals surface area (Å²) in [6.45, 7) is 3.92. The van der Waals surface area contributed by atoms with Crippen molar-refractivity contribution in [1.29, 1.82) is 0 Å². The topological polar surface area (TPSA) is 11.4 Å². The lowest BCUT2D eigenvalue weighted by Gasteiger charge is -2.45. The smallest absolute Gasteiger partial charge is 0.252 e. The van der Waals surface area contributed by atoms with Crippen molar-refractivity contribution >= 4 is 79.0 Å². The second kappa shape index (κ2) is 18.3. The predicted molar refractivity (Wildman–Crippen MR) is 334 cm³/mol. The van der Waals surface area contributed by atoms with Crippen LogP contribution in [0.15, 0.2) is 249 Å². The highest BCUT2D eigenvalue weighted by Gasteiger charge is 2.45. The Balaban J connectivity index is 1.03. The first kappa shape index (κ1) is 42.9. The minimum atomic E-state index is -0.411. The summed E-state index contributed by atoms with van der Waals surface area (Å²) in [4.78, 5) is 4.64. The van der Waals surface area contributed by atoms with Gasteiger partial charge < -0.3 is 14.4 Å². The number of anilines is 6. The van der Waals surface area contributed by atoms with E-state index < -0.39 is 6.71 Å². The average Bonchev–Trinajstić information content (AvgIpc) is 1.31. The number of hydrogen-bond donors (Lipinski definition) is 0. The van der Waals surface area contributed by atoms with E-state index in [1.165, 1.54) is 42.0 Å². The van der Waals surface area contributed by atoms with Crippen molar-refractivity contribution in [2.45, 2.75) is 45.4 Å². The van der Waals surface area contributed by atoms with Gasteiger partial charge in [0.25, 0.3) is 6.71 Å². The van der Waals surface area contributed by atoms with Gasteiger partial charge in [-0.05, 0) is 179 Å². The molecule has 4 aliphatic rings. The van der Waals surface area contributed by atoms with E-state index in [4.69, 9.17) is 0 Å². The van der Waals surface area contributed by atoms with Gasteiger partial charge in [-0.25, -0.2) is 0 Å². The molecule has 0 amide bonds. The fraction of sp³-hybridized carbons (Fsp3) is 0.120. The predicted octanol–water partition coefficient (Wildman–Crippen LogP) is 18.1. The molecule has 376 valence electrons. The second-order valence-electron chi connectivity index (χ2n) is 22.7. The molecule has 2 fully saturated rings. The largest absolute Gasteiger partial charge is 0.310 e. The first-order chi connectivity index (χ1) is 40.3. The Morgan fingerprint density at radius 3 is 1.49 bits per heavy atom. The summed E-state index contributed by atoms with van der Waals surface area (Å²) in [6, 6.07) is 83.4. The van der Waals surface area contributed by atoms with Crippen LogP contribution in [0.1, 0.15) is 52.4 Å². The highest BCUT2D eigenvalue weighted by atomic mass is 15.2. The zero-order valence-electron chi connectivity index (χ0n) is 47.4. The zero-order valence-corrected chi connectivity index (χ0v) is 44.4. The SMILES string of the molecule is [2H]c1c([2H])c2c3c(c1[2H])N(c1c(-c4ccccc4)cc(C)cc1-c1ccccc1)c1cc(-n4c5ccccc5c5cc(C6CC7CCC6C7)ccc54)ccc1B3c1ccccc1N2c1c(-c2ccccc2)cc(C)cc1-c1ccccc1. The number of rotatable bonds is 8. The van der Waals surface area contributed by atoms with Gasteiger partial charge >= 0.3 is 0 Å². The molecule has 0 radical (unpaired) electrons. The maximum atomic E-state index is 10.6. The summed E-state index contributed by atoms with van der Waals surface area (Å²) in [7, 11) is 0. The molecule has 16 rings (SSSR count). The van der Waals surface area contributed by atoms with Crippen molar-refractivity contribution in [3.05, 3.63) is 265 Å². The summed E-state index contributed by atoms with van der Waals surface area (Å²) >= 11 is 0. The van der Waals surface area contributed by atoms with Crippen LogP contribution in [-0.2, 0) is 0 Å². The highest BCUT2D eigenvalue weighted by Crippen LogP contribution is 2.55. The summed E-state index contributed by atoms with van der Waals surface area (Å²) in [6.07, 6.45) is 5.38. The van der Waals surface area contributed by atoms with Gasteiger partial charge in [-0.1, -0.05) is 182 Å². The summed E-state index contributed by atoms with van der Waals surface area (Å²) in [5.41, 5.74) is 23.2. The number of nitrogens with zero attached hydrogens (tertiary/aromatic N) is 3. The molecule has 3 atom stereocenters. The van der Waals surface area contributed by atoms with Crippen molar-refractivity contribution < 1.29 is 4.11 Å². The Hall–Kier alpha value is -9.12. The van der Waals surface area contributed by atoms with E-state index >= 15 is 0 Å². The van der Waals surface area contributed by atoms with Crippen molar-refractivity contribution in [2.75, 3.05) is 9.80 Å². The standard InChI is InChI=1S/C75H58BN3/c1-48-40-60(51-20-7-3-8-21-51)74(61(41-48)52-22-9-4-10-23-52)78-69-31-18-16-29-65(69)76-66-38-37-57(77-67-30-17-15-28-58(67)64-46-56(36-39-68(64)77)59-45-50-34-35-55(59)44-50)47-72(66)79(71-33-19-32-70(78)73(71)76)75-62(53-24-11-5-12-25-53)42-49(2)43-63(75)54-26-13-6-14-27-54/h3-33,36-43,46-47,50,55,59H,34-35,44-45H2,1-2H3/i19D,32D,33D. The van der Waals surface area contributed by atoms with E-state index in [9.17, 15) is 4.11 Å². The van der Waals surface area contributed by atoms with Gasteiger partial charge in [0.2, 0.25) is 0 Å². The third kappa shape index (κ3) is 7.27. The Labute approximate surface area is 468 Å². The van der Waals surface area contributed by atoms with E-state index in [1.807, 2.05) is 0 Å².